The fourth-order valence-corrected chi connectivity index (χ4v) is 2.99. The first-order chi connectivity index (χ1) is 11.7. The van der Waals surface area contributed by atoms with Crippen molar-refractivity contribution in [2.45, 2.75) is 32.7 Å². The molecule has 0 spiro atoms. The lowest BCUT2D eigenvalue weighted by atomic mass is 9.97. The first-order valence-electron chi connectivity index (χ1n) is 8.48. The van der Waals surface area contributed by atoms with E-state index in [1.165, 1.54) is 6.07 Å². The van der Waals surface area contributed by atoms with Crippen molar-refractivity contribution in [1.29, 1.82) is 0 Å². The molecule has 0 radical (unpaired) electrons. The Morgan fingerprint density at radius 2 is 2.00 bits per heavy atom. The monoisotopic (exact) mass is 327 g/mol. The highest BCUT2D eigenvalue weighted by Gasteiger charge is 2.27. The zero-order valence-electron chi connectivity index (χ0n) is 13.9. The summed E-state index contributed by atoms with van der Waals surface area (Å²) < 4.78 is 19.7. The maximum absolute atomic E-state index is 13.8. The molecule has 24 heavy (non-hydrogen) atoms. The van der Waals surface area contributed by atoms with Gasteiger partial charge in [0.25, 0.3) is 5.91 Å². The standard InChI is InChI=1S/C20H22FNO2/c1-2-3-13-24-19-10-6-8-17-16(19)11-12-22(20(17)23)14-15-7-4-5-9-18(15)21/h4-10H,2-3,11-14H2,1H3. The highest BCUT2D eigenvalue weighted by atomic mass is 19.1. The normalized spacial score (nSPS) is 13.8. The van der Waals surface area contributed by atoms with Crippen molar-refractivity contribution in [2.75, 3.05) is 13.2 Å². The summed E-state index contributed by atoms with van der Waals surface area (Å²) in [6.07, 6.45) is 2.80. The van der Waals surface area contributed by atoms with Crippen LogP contribution in [-0.2, 0) is 13.0 Å². The maximum atomic E-state index is 13.8. The van der Waals surface area contributed by atoms with Gasteiger partial charge in [0.1, 0.15) is 11.6 Å². The van der Waals surface area contributed by atoms with Crippen LogP contribution in [0, 0.1) is 5.82 Å². The molecule has 0 bridgehead atoms. The number of hydrogen-bond acceptors (Lipinski definition) is 2. The van der Waals surface area contributed by atoms with E-state index in [2.05, 4.69) is 6.92 Å². The molecule has 2 aromatic carbocycles. The molecule has 1 amide bonds. The van der Waals surface area contributed by atoms with Crippen molar-refractivity contribution in [2.24, 2.45) is 0 Å². The van der Waals surface area contributed by atoms with Crippen LogP contribution in [0.3, 0.4) is 0 Å². The summed E-state index contributed by atoms with van der Waals surface area (Å²) in [5.74, 6) is 0.480. The molecule has 3 rings (SSSR count). The minimum Gasteiger partial charge on any atom is -0.493 e. The van der Waals surface area contributed by atoms with Gasteiger partial charge >= 0.3 is 0 Å². The summed E-state index contributed by atoms with van der Waals surface area (Å²) in [5.41, 5.74) is 2.19. The summed E-state index contributed by atoms with van der Waals surface area (Å²) in [7, 11) is 0. The molecule has 4 heteroatoms. The van der Waals surface area contributed by atoms with Gasteiger partial charge in [-0.1, -0.05) is 37.6 Å². The third-order valence-corrected chi connectivity index (χ3v) is 4.36. The molecule has 0 saturated heterocycles. The van der Waals surface area contributed by atoms with Gasteiger partial charge in [-0.2, -0.15) is 0 Å². The number of fused-ring (bicyclic) bond motifs is 1. The zero-order valence-corrected chi connectivity index (χ0v) is 13.9. The Morgan fingerprint density at radius 1 is 1.17 bits per heavy atom. The van der Waals surface area contributed by atoms with Crippen LogP contribution in [0.5, 0.6) is 5.75 Å². The predicted molar refractivity (Wildman–Crippen MR) is 91.7 cm³/mol. The average molecular weight is 327 g/mol. The molecule has 1 aliphatic rings. The van der Waals surface area contributed by atoms with Crippen LogP contribution in [0.25, 0.3) is 0 Å². The van der Waals surface area contributed by atoms with Gasteiger partial charge in [-0.15, -0.1) is 0 Å². The van der Waals surface area contributed by atoms with Crippen LogP contribution >= 0.6 is 0 Å². The molecular weight excluding hydrogens is 305 g/mol. The molecule has 2 aromatic rings. The van der Waals surface area contributed by atoms with Gasteiger partial charge in [-0.25, -0.2) is 4.39 Å². The molecular formula is C20H22FNO2. The number of halogens is 1. The zero-order chi connectivity index (χ0) is 16.9. The third kappa shape index (κ3) is 3.42. The topological polar surface area (TPSA) is 29.5 Å². The highest BCUT2D eigenvalue weighted by molar-refractivity contribution is 5.97. The van der Waals surface area contributed by atoms with Crippen LogP contribution in [0.1, 0.15) is 41.3 Å². The lowest BCUT2D eigenvalue weighted by Crippen LogP contribution is -2.37. The third-order valence-electron chi connectivity index (χ3n) is 4.36. The maximum Gasteiger partial charge on any atom is 0.254 e. The fraction of sp³-hybridized carbons (Fsp3) is 0.350. The molecule has 1 heterocycles. The molecule has 1 aliphatic heterocycles. The highest BCUT2D eigenvalue weighted by Crippen LogP contribution is 2.29. The van der Waals surface area contributed by atoms with Crippen LogP contribution in [0.4, 0.5) is 4.39 Å². The van der Waals surface area contributed by atoms with Gasteiger partial charge in [0, 0.05) is 29.8 Å². The number of unbranched alkanes of at least 4 members (excludes halogenated alkanes) is 1. The molecule has 0 aliphatic carbocycles. The Hall–Kier alpha value is -2.36. The fourth-order valence-electron chi connectivity index (χ4n) is 2.99. The summed E-state index contributed by atoms with van der Waals surface area (Å²) >= 11 is 0. The number of hydrogen-bond donors (Lipinski definition) is 0. The molecule has 0 saturated carbocycles. The minimum absolute atomic E-state index is 0.0551. The Morgan fingerprint density at radius 3 is 2.79 bits per heavy atom. The van der Waals surface area contributed by atoms with E-state index in [9.17, 15) is 9.18 Å². The second-order valence-electron chi connectivity index (χ2n) is 6.05. The van der Waals surface area contributed by atoms with Gasteiger partial charge in [0.05, 0.1) is 6.61 Å². The number of ether oxygens (including phenoxy) is 1. The largest absolute Gasteiger partial charge is 0.493 e. The van der Waals surface area contributed by atoms with Crippen LogP contribution in [-0.4, -0.2) is 24.0 Å². The first-order valence-corrected chi connectivity index (χ1v) is 8.48. The smallest absolute Gasteiger partial charge is 0.254 e. The van der Waals surface area contributed by atoms with E-state index in [0.29, 0.717) is 30.8 Å². The summed E-state index contributed by atoms with van der Waals surface area (Å²) in [5, 5.41) is 0. The number of amides is 1. The van der Waals surface area contributed by atoms with Crippen LogP contribution < -0.4 is 4.74 Å². The average Bonchev–Trinajstić information content (AvgIpc) is 2.60. The van der Waals surface area contributed by atoms with Gasteiger partial charge in [0.2, 0.25) is 0 Å². The molecule has 3 nitrogen and oxygen atoms in total. The van der Waals surface area contributed by atoms with Gasteiger partial charge < -0.3 is 9.64 Å². The Bertz CT molecular complexity index is 729. The predicted octanol–water partition coefficient (Wildman–Crippen LogP) is 4.20. The van der Waals surface area contributed by atoms with E-state index in [1.54, 1.807) is 23.1 Å². The molecule has 0 N–H and O–H groups in total. The molecule has 126 valence electrons. The quantitative estimate of drug-likeness (QED) is 0.744. The number of rotatable bonds is 6. The van der Waals surface area contributed by atoms with Crippen molar-refractivity contribution in [1.82, 2.24) is 4.90 Å². The summed E-state index contributed by atoms with van der Waals surface area (Å²) in [6, 6.07) is 12.2. The van der Waals surface area contributed by atoms with Crippen molar-refractivity contribution in [3.63, 3.8) is 0 Å². The number of carbonyl (C=O) groups excluding carboxylic acids is 1. The van der Waals surface area contributed by atoms with E-state index < -0.39 is 0 Å². The Labute approximate surface area is 142 Å². The van der Waals surface area contributed by atoms with Gasteiger partial charge in [-0.05, 0) is 31.0 Å². The minimum atomic E-state index is -0.271. The van der Waals surface area contributed by atoms with Crippen molar-refractivity contribution < 1.29 is 13.9 Å². The van der Waals surface area contributed by atoms with Crippen LogP contribution in [0.15, 0.2) is 42.5 Å². The van der Waals surface area contributed by atoms with Gasteiger partial charge in [-0.3, -0.25) is 4.79 Å². The molecule has 0 atom stereocenters. The molecule has 0 fully saturated rings. The van der Waals surface area contributed by atoms with E-state index in [-0.39, 0.29) is 11.7 Å². The van der Waals surface area contributed by atoms with Crippen molar-refractivity contribution in [3.8, 4) is 5.75 Å². The lowest BCUT2D eigenvalue weighted by molar-refractivity contribution is 0.0723. The van der Waals surface area contributed by atoms with Crippen molar-refractivity contribution in [3.05, 3.63) is 65.0 Å². The Balaban J connectivity index is 1.78. The Kier molecular flexibility index (Phi) is 5.14. The SMILES string of the molecule is CCCCOc1cccc2c1CCN(Cc1ccccc1F)C2=O. The summed E-state index contributed by atoms with van der Waals surface area (Å²) in [4.78, 5) is 14.5. The number of nitrogens with zero attached hydrogens (tertiary/aromatic N) is 1. The first kappa shape index (κ1) is 16.5. The van der Waals surface area contributed by atoms with E-state index in [4.69, 9.17) is 4.74 Å². The van der Waals surface area contributed by atoms with Gasteiger partial charge in [0.15, 0.2) is 0 Å². The second kappa shape index (κ2) is 7.47. The van der Waals surface area contributed by atoms with Crippen LogP contribution in [0.2, 0.25) is 0 Å². The summed E-state index contributed by atoms with van der Waals surface area (Å²) in [6.45, 7) is 3.66. The second-order valence-corrected chi connectivity index (χ2v) is 6.05. The van der Waals surface area contributed by atoms with E-state index in [0.717, 1.165) is 30.6 Å². The van der Waals surface area contributed by atoms with Crippen molar-refractivity contribution >= 4 is 5.91 Å². The lowest BCUT2D eigenvalue weighted by Gasteiger charge is -2.29. The number of carbonyl (C=O) groups is 1. The number of benzene rings is 2. The molecule has 0 aromatic heterocycles. The molecule has 0 unspecified atom stereocenters. The van der Waals surface area contributed by atoms with E-state index >= 15 is 0 Å². The van der Waals surface area contributed by atoms with E-state index in [1.807, 2.05) is 18.2 Å².